The van der Waals surface area contributed by atoms with Crippen LogP contribution in [0.3, 0.4) is 0 Å². The second-order valence-corrected chi connectivity index (χ2v) is 5.63. The molecule has 0 heterocycles. The van der Waals surface area contributed by atoms with Gasteiger partial charge in [0.2, 0.25) is 0 Å². The maximum Gasteiger partial charge on any atom is 0.120 e. The molecule has 1 aliphatic carbocycles. The van der Waals surface area contributed by atoms with Crippen molar-refractivity contribution in [2.24, 2.45) is 23.7 Å². The van der Waals surface area contributed by atoms with Gasteiger partial charge in [-0.15, -0.1) is 0 Å². The average molecular weight is 210 g/mol. The molecule has 0 saturated heterocycles. The summed E-state index contributed by atoms with van der Waals surface area (Å²) in [5.74, 6) is 3.47. The first-order valence-electron chi connectivity index (χ1n) is 6.58. The van der Waals surface area contributed by atoms with Gasteiger partial charge in [0.1, 0.15) is 6.29 Å². The number of carbonyl (C=O) groups is 1. The predicted octanol–water partition coefficient (Wildman–Crippen LogP) is 4.06. The third-order valence-electron chi connectivity index (χ3n) is 4.38. The Morgan fingerprint density at radius 3 is 2.20 bits per heavy atom. The quantitative estimate of drug-likeness (QED) is 0.625. The minimum absolute atomic E-state index is 0.773. The molecule has 0 amide bonds. The molecule has 0 bridgehead atoms. The van der Waals surface area contributed by atoms with Crippen LogP contribution in [-0.4, -0.2) is 6.29 Å². The zero-order valence-electron chi connectivity index (χ0n) is 10.5. The third kappa shape index (κ3) is 3.96. The first-order valence-corrected chi connectivity index (χ1v) is 6.58. The maximum absolute atomic E-state index is 10.3. The van der Waals surface area contributed by atoms with Gasteiger partial charge in [-0.1, -0.05) is 33.6 Å². The van der Waals surface area contributed by atoms with E-state index in [2.05, 4.69) is 20.8 Å². The Labute approximate surface area is 94.6 Å². The minimum Gasteiger partial charge on any atom is -0.303 e. The lowest BCUT2D eigenvalue weighted by Crippen LogP contribution is -2.23. The van der Waals surface area contributed by atoms with Gasteiger partial charge in [0.25, 0.3) is 0 Å². The standard InChI is InChI=1S/C14H26O/c1-11(2)12(3)14-8-6-13(7-9-14)5-4-10-15/h10-14H,4-9H2,1-3H3. The van der Waals surface area contributed by atoms with Crippen LogP contribution in [0.2, 0.25) is 0 Å². The fourth-order valence-corrected chi connectivity index (χ4v) is 2.85. The SMILES string of the molecule is CC(C)C(C)C1CCC(CCC=O)CC1. The van der Waals surface area contributed by atoms with E-state index in [0.717, 1.165) is 42.8 Å². The summed E-state index contributed by atoms with van der Waals surface area (Å²) in [6, 6.07) is 0. The van der Waals surface area contributed by atoms with Gasteiger partial charge in [-0.25, -0.2) is 0 Å². The van der Waals surface area contributed by atoms with Gasteiger partial charge in [0, 0.05) is 6.42 Å². The Kier molecular flexibility index (Phi) is 5.35. The minimum atomic E-state index is 0.773. The van der Waals surface area contributed by atoms with Crippen LogP contribution < -0.4 is 0 Å². The van der Waals surface area contributed by atoms with Crippen LogP contribution in [0, 0.1) is 23.7 Å². The second-order valence-electron chi connectivity index (χ2n) is 5.63. The highest BCUT2D eigenvalue weighted by molar-refractivity contribution is 5.49. The number of hydrogen-bond acceptors (Lipinski definition) is 1. The summed E-state index contributed by atoms with van der Waals surface area (Å²) in [7, 11) is 0. The van der Waals surface area contributed by atoms with Crippen LogP contribution in [0.5, 0.6) is 0 Å². The molecular formula is C14H26O. The monoisotopic (exact) mass is 210 g/mol. The maximum atomic E-state index is 10.3. The van der Waals surface area contributed by atoms with Crippen LogP contribution in [0.15, 0.2) is 0 Å². The van der Waals surface area contributed by atoms with Crippen molar-refractivity contribution in [2.45, 2.75) is 59.3 Å². The molecule has 0 spiro atoms. The lowest BCUT2D eigenvalue weighted by atomic mass is 9.72. The number of carbonyl (C=O) groups excluding carboxylic acids is 1. The highest BCUT2D eigenvalue weighted by atomic mass is 16.1. The summed E-state index contributed by atoms with van der Waals surface area (Å²) in [5.41, 5.74) is 0. The van der Waals surface area contributed by atoms with E-state index in [0.29, 0.717) is 0 Å². The van der Waals surface area contributed by atoms with E-state index in [4.69, 9.17) is 0 Å². The highest BCUT2D eigenvalue weighted by Gasteiger charge is 2.26. The zero-order chi connectivity index (χ0) is 11.3. The molecule has 1 heteroatoms. The summed E-state index contributed by atoms with van der Waals surface area (Å²) in [6.07, 6.45) is 8.47. The molecule has 1 fully saturated rings. The van der Waals surface area contributed by atoms with E-state index in [1.165, 1.54) is 25.7 Å². The average Bonchev–Trinajstić information content (AvgIpc) is 2.26. The largest absolute Gasteiger partial charge is 0.303 e. The fraction of sp³-hybridized carbons (Fsp3) is 0.929. The van der Waals surface area contributed by atoms with E-state index < -0.39 is 0 Å². The molecular weight excluding hydrogens is 184 g/mol. The van der Waals surface area contributed by atoms with Gasteiger partial charge in [0.05, 0.1) is 0 Å². The Morgan fingerprint density at radius 2 is 1.73 bits per heavy atom. The molecule has 0 N–H and O–H groups in total. The molecule has 15 heavy (non-hydrogen) atoms. The summed E-state index contributed by atoms with van der Waals surface area (Å²) in [6.45, 7) is 7.08. The summed E-state index contributed by atoms with van der Waals surface area (Å²) >= 11 is 0. The molecule has 1 atom stereocenters. The zero-order valence-corrected chi connectivity index (χ0v) is 10.5. The molecule has 1 rings (SSSR count). The van der Waals surface area contributed by atoms with Crippen molar-refractivity contribution in [1.29, 1.82) is 0 Å². The van der Waals surface area contributed by atoms with Gasteiger partial charge in [-0.2, -0.15) is 0 Å². The van der Waals surface area contributed by atoms with Crippen molar-refractivity contribution in [1.82, 2.24) is 0 Å². The van der Waals surface area contributed by atoms with Crippen LogP contribution >= 0.6 is 0 Å². The molecule has 1 saturated carbocycles. The number of rotatable bonds is 5. The topological polar surface area (TPSA) is 17.1 Å². The van der Waals surface area contributed by atoms with E-state index in [1.54, 1.807) is 0 Å². The van der Waals surface area contributed by atoms with Crippen LogP contribution in [0.1, 0.15) is 59.3 Å². The van der Waals surface area contributed by atoms with E-state index in [1.807, 2.05) is 0 Å². The van der Waals surface area contributed by atoms with Gasteiger partial charge in [-0.05, 0) is 42.9 Å². The highest BCUT2D eigenvalue weighted by Crippen LogP contribution is 2.37. The van der Waals surface area contributed by atoms with E-state index >= 15 is 0 Å². The molecule has 1 unspecified atom stereocenters. The Balaban J connectivity index is 2.26. The van der Waals surface area contributed by atoms with Crippen molar-refractivity contribution < 1.29 is 4.79 Å². The molecule has 0 aromatic rings. The summed E-state index contributed by atoms with van der Waals surface area (Å²) in [5, 5.41) is 0. The number of aldehydes is 1. The van der Waals surface area contributed by atoms with Crippen molar-refractivity contribution in [2.75, 3.05) is 0 Å². The molecule has 0 radical (unpaired) electrons. The van der Waals surface area contributed by atoms with Gasteiger partial charge < -0.3 is 4.79 Å². The summed E-state index contributed by atoms with van der Waals surface area (Å²) < 4.78 is 0. The third-order valence-corrected chi connectivity index (χ3v) is 4.38. The van der Waals surface area contributed by atoms with Crippen LogP contribution in [0.4, 0.5) is 0 Å². The first-order chi connectivity index (χ1) is 7.15. The van der Waals surface area contributed by atoms with E-state index in [-0.39, 0.29) is 0 Å². The van der Waals surface area contributed by atoms with Crippen LogP contribution in [-0.2, 0) is 4.79 Å². The van der Waals surface area contributed by atoms with Crippen LogP contribution in [0.25, 0.3) is 0 Å². The molecule has 0 aliphatic heterocycles. The predicted molar refractivity (Wildman–Crippen MR) is 64.7 cm³/mol. The molecule has 1 nitrogen and oxygen atoms in total. The molecule has 0 aromatic carbocycles. The smallest absolute Gasteiger partial charge is 0.120 e. The van der Waals surface area contributed by atoms with Crippen molar-refractivity contribution in [3.05, 3.63) is 0 Å². The van der Waals surface area contributed by atoms with E-state index in [9.17, 15) is 4.79 Å². The lowest BCUT2D eigenvalue weighted by molar-refractivity contribution is -0.108. The number of hydrogen-bond donors (Lipinski definition) is 0. The Hall–Kier alpha value is -0.330. The van der Waals surface area contributed by atoms with Crippen molar-refractivity contribution >= 4 is 6.29 Å². The Morgan fingerprint density at radius 1 is 1.13 bits per heavy atom. The van der Waals surface area contributed by atoms with Gasteiger partial charge >= 0.3 is 0 Å². The molecule has 88 valence electrons. The first kappa shape index (κ1) is 12.7. The lowest BCUT2D eigenvalue weighted by Gasteiger charge is -2.34. The van der Waals surface area contributed by atoms with Crippen molar-refractivity contribution in [3.8, 4) is 0 Å². The molecule has 1 aliphatic rings. The normalized spacial score (nSPS) is 29.1. The van der Waals surface area contributed by atoms with Gasteiger partial charge in [-0.3, -0.25) is 0 Å². The fourth-order valence-electron chi connectivity index (χ4n) is 2.85. The Bertz CT molecular complexity index is 178. The van der Waals surface area contributed by atoms with Crippen molar-refractivity contribution in [3.63, 3.8) is 0 Å². The van der Waals surface area contributed by atoms with Gasteiger partial charge in [0.15, 0.2) is 0 Å². The molecule has 0 aromatic heterocycles. The summed E-state index contributed by atoms with van der Waals surface area (Å²) in [4.78, 5) is 10.3. The second kappa shape index (κ2) is 6.30.